The number of nitrogens with one attached hydrogen (secondary N) is 2. The molecule has 1 aromatic heterocycles. The van der Waals surface area contributed by atoms with Gasteiger partial charge in [0.1, 0.15) is 5.75 Å². The summed E-state index contributed by atoms with van der Waals surface area (Å²) in [5.41, 5.74) is -1.79. The van der Waals surface area contributed by atoms with Crippen molar-refractivity contribution in [3.8, 4) is 11.4 Å². The van der Waals surface area contributed by atoms with Crippen LogP contribution in [0.5, 0.6) is 5.75 Å². The topological polar surface area (TPSA) is 108 Å². The normalized spacial score (nSPS) is 12.4. The van der Waals surface area contributed by atoms with Crippen molar-refractivity contribution in [3.05, 3.63) is 54.7 Å². The molecule has 0 saturated carbocycles. The van der Waals surface area contributed by atoms with E-state index < -0.39 is 27.9 Å². The number of phenolic OH excluding ortho intramolecular Hbond substituents is 1. The van der Waals surface area contributed by atoms with Gasteiger partial charge in [-0.15, -0.1) is 0 Å². The van der Waals surface area contributed by atoms with Crippen LogP contribution in [-0.2, 0) is 10.8 Å². The molecule has 0 saturated heterocycles. The molecular formula is C17H23N3O4. The third-order valence-corrected chi connectivity index (χ3v) is 3.82. The lowest BCUT2D eigenvalue weighted by Crippen LogP contribution is -2.42. The molecule has 1 aromatic carbocycles. The van der Waals surface area contributed by atoms with Gasteiger partial charge in [-0.2, -0.15) is 0 Å². The van der Waals surface area contributed by atoms with Crippen LogP contribution in [0.1, 0.15) is 52.7 Å². The summed E-state index contributed by atoms with van der Waals surface area (Å²) < 4.78 is 0.852. The van der Waals surface area contributed by atoms with Gasteiger partial charge in [0.25, 0.3) is 0 Å². The van der Waals surface area contributed by atoms with Crippen LogP contribution in [0.3, 0.4) is 0 Å². The van der Waals surface area contributed by atoms with Crippen molar-refractivity contribution in [2.45, 2.75) is 52.4 Å². The fraction of sp³-hybridized carbons (Fsp3) is 0.471. The number of aromatic nitrogens is 3. The van der Waals surface area contributed by atoms with Gasteiger partial charge in [0.15, 0.2) is 0 Å². The molecule has 2 rings (SSSR count). The van der Waals surface area contributed by atoms with Crippen molar-refractivity contribution in [1.29, 1.82) is 0 Å². The van der Waals surface area contributed by atoms with Crippen LogP contribution >= 0.6 is 0 Å². The average Bonchev–Trinajstić information content (AvgIpc) is 2.36. The first kappa shape index (κ1) is 17.8. The Labute approximate surface area is 139 Å². The van der Waals surface area contributed by atoms with E-state index in [0.717, 1.165) is 4.57 Å². The second kappa shape index (κ2) is 5.51. The molecule has 0 bridgehead atoms. The first-order valence-corrected chi connectivity index (χ1v) is 7.66. The quantitative estimate of drug-likeness (QED) is 0.735. The Morgan fingerprint density at radius 2 is 1.21 bits per heavy atom. The van der Waals surface area contributed by atoms with Gasteiger partial charge in [-0.1, -0.05) is 41.5 Å². The van der Waals surface area contributed by atoms with Crippen LogP contribution in [0.2, 0.25) is 0 Å². The third-order valence-electron chi connectivity index (χ3n) is 3.82. The Morgan fingerprint density at radius 1 is 0.833 bits per heavy atom. The monoisotopic (exact) mass is 333 g/mol. The maximum Gasteiger partial charge on any atom is 0.338 e. The molecule has 0 aliphatic heterocycles. The number of aromatic hydroxyl groups is 1. The molecule has 3 N–H and O–H groups in total. The molecule has 24 heavy (non-hydrogen) atoms. The number of hydrogen-bond donors (Lipinski definition) is 3. The van der Waals surface area contributed by atoms with Gasteiger partial charge in [-0.25, -0.2) is 19.0 Å². The molecular weight excluding hydrogens is 310 g/mol. The van der Waals surface area contributed by atoms with Gasteiger partial charge in [0, 0.05) is 11.1 Å². The molecule has 0 atom stereocenters. The zero-order valence-electron chi connectivity index (χ0n) is 14.8. The molecule has 7 nitrogen and oxygen atoms in total. The van der Waals surface area contributed by atoms with Gasteiger partial charge < -0.3 is 5.11 Å². The van der Waals surface area contributed by atoms with E-state index in [2.05, 4.69) is 0 Å². The third kappa shape index (κ3) is 3.20. The zero-order valence-corrected chi connectivity index (χ0v) is 14.8. The standard InChI is InChI=1S/C17H23N3O4/c1-16(2,3)10-7-9(8-11(12(10)21)17(4,5)6)20-14(23)18-13(22)19-15(20)24/h7-8,21H,1-6H3,(H2,18,19,22,23,24). The van der Waals surface area contributed by atoms with E-state index in [-0.39, 0.29) is 5.75 Å². The molecule has 130 valence electrons. The Kier molecular flexibility index (Phi) is 4.08. The minimum Gasteiger partial charge on any atom is -0.507 e. The van der Waals surface area contributed by atoms with Crippen LogP contribution in [0.25, 0.3) is 5.69 Å². The number of benzene rings is 1. The van der Waals surface area contributed by atoms with Crippen molar-refractivity contribution in [2.75, 3.05) is 0 Å². The summed E-state index contributed by atoms with van der Waals surface area (Å²) in [5.74, 6) is 0.146. The lowest BCUT2D eigenvalue weighted by Gasteiger charge is -2.28. The van der Waals surface area contributed by atoms with Gasteiger partial charge in [-0.3, -0.25) is 9.97 Å². The second-order valence-electron chi connectivity index (χ2n) is 7.91. The molecule has 0 fully saturated rings. The molecule has 0 unspecified atom stereocenters. The smallest absolute Gasteiger partial charge is 0.338 e. The molecule has 0 amide bonds. The lowest BCUT2D eigenvalue weighted by molar-refractivity contribution is 0.423. The van der Waals surface area contributed by atoms with Crippen LogP contribution in [0.4, 0.5) is 0 Å². The molecule has 0 aliphatic rings. The van der Waals surface area contributed by atoms with E-state index in [1.807, 2.05) is 51.5 Å². The molecule has 0 radical (unpaired) electrons. The van der Waals surface area contributed by atoms with Crippen molar-refractivity contribution >= 4 is 0 Å². The highest BCUT2D eigenvalue weighted by atomic mass is 16.3. The summed E-state index contributed by atoms with van der Waals surface area (Å²) in [6.45, 7) is 11.6. The SMILES string of the molecule is CC(C)(C)c1cc(-n2c(=O)[nH]c(=O)[nH]c2=O)cc(C(C)(C)C)c1O. The largest absolute Gasteiger partial charge is 0.507 e. The van der Waals surface area contributed by atoms with E-state index in [0.29, 0.717) is 16.8 Å². The maximum atomic E-state index is 12.1. The molecule has 7 heteroatoms. The zero-order chi connectivity index (χ0) is 18.4. The number of rotatable bonds is 1. The van der Waals surface area contributed by atoms with Crippen molar-refractivity contribution in [1.82, 2.24) is 14.5 Å². The van der Waals surface area contributed by atoms with Crippen LogP contribution in [0, 0.1) is 0 Å². The fourth-order valence-electron chi connectivity index (χ4n) is 2.56. The number of nitrogens with zero attached hydrogens (tertiary/aromatic N) is 1. The van der Waals surface area contributed by atoms with Crippen molar-refractivity contribution < 1.29 is 5.11 Å². The summed E-state index contributed by atoms with van der Waals surface area (Å²) in [6.07, 6.45) is 0. The predicted octanol–water partition coefficient (Wildman–Crippen LogP) is 1.51. The summed E-state index contributed by atoms with van der Waals surface area (Å²) in [7, 11) is 0. The molecule has 2 aromatic rings. The summed E-state index contributed by atoms with van der Waals surface area (Å²) in [5, 5.41) is 10.7. The van der Waals surface area contributed by atoms with Crippen LogP contribution < -0.4 is 17.1 Å². The van der Waals surface area contributed by atoms with Crippen molar-refractivity contribution in [3.63, 3.8) is 0 Å². The Bertz CT molecular complexity index is 881. The number of aromatic amines is 2. The predicted molar refractivity (Wildman–Crippen MR) is 92.3 cm³/mol. The molecule has 1 heterocycles. The average molecular weight is 333 g/mol. The highest BCUT2D eigenvalue weighted by molar-refractivity contribution is 5.54. The van der Waals surface area contributed by atoms with Gasteiger partial charge >= 0.3 is 17.1 Å². The Hall–Kier alpha value is -2.57. The number of phenols is 1. The first-order valence-electron chi connectivity index (χ1n) is 7.66. The fourth-order valence-corrected chi connectivity index (χ4v) is 2.56. The highest BCUT2D eigenvalue weighted by Gasteiger charge is 2.27. The van der Waals surface area contributed by atoms with Crippen LogP contribution in [-0.4, -0.2) is 19.6 Å². The van der Waals surface area contributed by atoms with Gasteiger partial charge in [-0.05, 0) is 23.0 Å². The van der Waals surface area contributed by atoms with E-state index in [9.17, 15) is 19.5 Å². The second-order valence-corrected chi connectivity index (χ2v) is 7.91. The Morgan fingerprint density at radius 3 is 1.54 bits per heavy atom. The van der Waals surface area contributed by atoms with E-state index >= 15 is 0 Å². The van der Waals surface area contributed by atoms with Crippen LogP contribution in [0.15, 0.2) is 26.5 Å². The van der Waals surface area contributed by atoms with E-state index in [1.54, 1.807) is 12.1 Å². The first-order chi connectivity index (χ1) is 10.8. The molecule has 0 spiro atoms. The maximum absolute atomic E-state index is 12.1. The summed E-state index contributed by atoms with van der Waals surface area (Å²) in [6, 6.07) is 3.19. The number of hydrogen-bond acceptors (Lipinski definition) is 4. The summed E-state index contributed by atoms with van der Waals surface area (Å²) >= 11 is 0. The van der Waals surface area contributed by atoms with Crippen molar-refractivity contribution in [2.24, 2.45) is 0 Å². The Balaban J connectivity index is 2.95. The minimum atomic E-state index is -0.855. The highest BCUT2D eigenvalue weighted by Crippen LogP contribution is 2.40. The van der Waals surface area contributed by atoms with Gasteiger partial charge in [0.2, 0.25) is 0 Å². The molecule has 0 aliphatic carbocycles. The van der Waals surface area contributed by atoms with E-state index in [1.165, 1.54) is 0 Å². The minimum absolute atomic E-state index is 0.146. The number of H-pyrrole nitrogens is 2. The van der Waals surface area contributed by atoms with E-state index in [4.69, 9.17) is 0 Å². The van der Waals surface area contributed by atoms with Gasteiger partial charge in [0.05, 0.1) is 5.69 Å². The lowest BCUT2D eigenvalue weighted by atomic mass is 9.79. The summed E-state index contributed by atoms with van der Waals surface area (Å²) in [4.78, 5) is 39.5.